The lowest BCUT2D eigenvalue weighted by Crippen LogP contribution is -1.98. The van der Waals surface area contributed by atoms with Gasteiger partial charge in [-0.25, -0.2) is 9.97 Å². The Hall–Kier alpha value is -3.28. The van der Waals surface area contributed by atoms with E-state index in [0.717, 1.165) is 22.7 Å². The predicted molar refractivity (Wildman–Crippen MR) is 94.7 cm³/mol. The molecule has 24 heavy (non-hydrogen) atoms. The van der Waals surface area contributed by atoms with Gasteiger partial charge in [0.2, 0.25) is 5.95 Å². The van der Waals surface area contributed by atoms with Crippen LogP contribution in [0.1, 0.15) is 0 Å². The molecule has 0 saturated heterocycles. The van der Waals surface area contributed by atoms with Gasteiger partial charge in [0.05, 0.1) is 25.6 Å². The number of hydrogen-bond acceptors (Lipinski definition) is 6. The van der Waals surface area contributed by atoms with E-state index in [1.54, 1.807) is 20.4 Å². The molecule has 6 heteroatoms. The highest BCUT2D eigenvalue weighted by atomic mass is 16.5. The SMILES string of the molecule is COc1ccc(Nc2nccc(-c3ccc(OC)c(N)c3)n2)cc1. The van der Waals surface area contributed by atoms with Crippen molar-refractivity contribution in [1.29, 1.82) is 0 Å². The van der Waals surface area contributed by atoms with Gasteiger partial charge >= 0.3 is 0 Å². The van der Waals surface area contributed by atoms with E-state index in [0.29, 0.717) is 17.4 Å². The van der Waals surface area contributed by atoms with Crippen LogP contribution in [-0.2, 0) is 0 Å². The highest BCUT2D eigenvalue weighted by molar-refractivity contribution is 5.69. The van der Waals surface area contributed by atoms with E-state index in [1.165, 1.54) is 0 Å². The Morgan fingerprint density at radius 2 is 1.75 bits per heavy atom. The fraction of sp³-hybridized carbons (Fsp3) is 0.111. The summed E-state index contributed by atoms with van der Waals surface area (Å²) < 4.78 is 10.3. The highest BCUT2D eigenvalue weighted by Crippen LogP contribution is 2.28. The van der Waals surface area contributed by atoms with Crippen molar-refractivity contribution < 1.29 is 9.47 Å². The fourth-order valence-corrected chi connectivity index (χ4v) is 2.28. The second-order valence-corrected chi connectivity index (χ2v) is 5.08. The van der Waals surface area contributed by atoms with Gasteiger partial charge in [0.1, 0.15) is 11.5 Å². The second-order valence-electron chi connectivity index (χ2n) is 5.08. The minimum atomic E-state index is 0.507. The Labute approximate surface area is 140 Å². The molecule has 1 aromatic heterocycles. The number of rotatable bonds is 5. The topological polar surface area (TPSA) is 82.3 Å². The maximum atomic E-state index is 5.96. The molecule has 0 atom stereocenters. The van der Waals surface area contributed by atoms with Crippen LogP contribution in [0.4, 0.5) is 17.3 Å². The predicted octanol–water partition coefficient (Wildman–Crippen LogP) is 3.49. The van der Waals surface area contributed by atoms with E-state index in [2.05, 4.69) is 15.3 Å². The molecule has 0 amide bonds. The zero-order valence-corrected chi connectivity index (χ0v) is 13.5. The molecule has 0 unspecified atom stereocenters. The quantitative estimate of drug-likeness (QED) is 0.700. The number of methoxy groups -OCH3 is 2. The molecule has 0 radical (unpaired) electrons. The fourth-order valence-electron chi connectivity index (χ4n) is 2.28. The normalized spacial score (nSPS) is 10.2. The van der Waals surface area contributed by atoms with Crippen LogP contribution in [0.5, 0.6) is 11.5 Å². The van der Waals surface area contributed by atoms with E-state index in [-0.39, 0.29) is 0 Å². The largest absolute Gasteiger partial charge is 0.497 e. The first kappa shape index (κ1) is 15.6. The van der Waals surface area contributed by atoms with Crippen molar-refractivity contribution in [1.82, 2.24) is 9.97 Å². The maximum Gasteiger partial charge on any atom is 0.227 e. The Kier molecular flexibility index (Phi) is 4.47. The summed E-state index contributed by atoms with van der Waals surface area (Å²) in [4.78, 5) is 8.78. The van der Waals surface area contributed by atoms with Crippen LogP contribution in [0.15, 0.2) is 54.7 Å². The van der Waals surface area contributed by atoms with Crippen LogP contribution in [-0.4, -0.2) is 24.2 Å². The number of nitrogens with zero attached hydrogens (tertiary/aromatic N) is 2. The average Bonchev–Trinajstić information content (AvgIpc) is 2.62. The van der Waals surface area contributed by atoms with Crippen LogP contribution in [0.3, 0.4) is 0 Å². The summed E-state index contributed by atoms with van der Waals surface area (Å²) in [5, 5.41) is 3.17. The van der Waals surface area contributed by atoms with Gasteiger partial charge in [0.25, 0.3) is 0 Å². The number of benzene rings is 2. The van der Waals surface area contributed by atoms with Crippen molar-refractivity contribution in [3.05, 3.63) is 54.7 Å². The summed E-state index contributed by atoms with van der Waals surface area (Å²) in [5.74, 6) is 1.94. The lowest BCUT2D eigenvalue weighted by Gasteiger charge is -2.09. The van der Waals surface area contributed by atoms with Crippen LogP contribution in [0, 0.1) is 0 Å². The number of aromatic nitrogens is 2. The Bertz CT molecular complexity index is 835. The molecule has 0 spiro atoms. The van der Waals surface area contributed by atoms with Gasteiger partial charge in [-0.15, -0.1) is 0 Å². The molecule has 3 aromatic rings. The molecule has 0 bridgehead atoms. The molecule has 6 nitrogen and oxygen atoms in total. The van der Waals surface area contributed by atoms with Gasteiger partial charge in [-0.2, -0.15) is 0 Å². The molecular weight excluding hydrogens is 304 g/mol. The Morgan fingerprint density at radius 3 is 2.42 bits per heavy atom. The van der Waals surface area contributed by atoms with Gasteiger partial charge in [-0.05, 0) is 48.5 Å². The number of nitrogens with one attached hydrogen (secondary N) is 1. The molecule has 1 heterocycles. The van der Waals surface area contributed by atoms with E-state index in [1.807, 2.05) is 48.5 Å². The molecule has 122 valence electrons. The second kappa shape index (κ2) is 6.87. The lowest BCUT2D eigenvalue weighted by atomic mass is 10.1. The van der Waals surface area contributed by atoms with Crippen molar-refractivity contribution >= 4 is 17.3 Å². The van der Waals surface area contributed by atoms with E-state index in [9.17, 15) is 0 Å². The van der Waals surface area contributed by atoms with Crippen molar-refractivity contribution in [2.75, 3.05) is 25.3 Å². The van der Waals surface area contributed by atoms with Gasteiger partial charge in [0, 0.05) is 17.4 Å². The number of nitrogens with two attached hydrogens (primary N) is 1. The highest BCUT2D eigenvalue weighted by Gasteiger charge is 2.06. The van der Waals surface area contributed by atoms with Crippen LogP contribution in [0.2, 0.25) is 0 Å². The van der Waals surface area contributed by atoms with Gasteiger partial charge in [-0.1, -0.05) is 0 Å². The number of anilines is 3. The Morgan fingerprint density at radius 1 is 0.958 bits per heavy atom. The Balaban J connectivity index is 1.84. The van der Waals surface area contributed by atoms with Gasteiger partial charge in [-0.3, -0.25) is 0 Å². The minimum absolute atomic E-state index is 0.507. The first-order valence-corrected chi connectivity index (χ1v) is 7.37. The first-order chi connectivity index (χ1) is 11.7. The number of hydrogen-bond donors (Lipinski definition) is 2. The van der Waals surface area contributed by atoms with Crippen LogP contribution in [0.25, 0.3) is 11.3 Å². The summed E-state index contributed by atoms with van der Waals surface area (Å²) >= 11 is 0. The number of nitrogen functional groups attached to an aromatic ring is 1. The molecule has 0 saturated carbocycles. The van der Waals surface area contributed by atoms with E-state index >= 15 is 0 Å². The minimum Gasteiger partial charge on any atom is -0.497 e. The zero-order chi connectivity index (χ0) is 16.9. The van der Waals surface area contributed by atoms with E-state index in [4.69, 9.17) is 15.2 Å². The zero-order valence-electron chi connectivity index (χ0n) is 13.5. The molecule has 3 rings (SSSR count). The van der Waals surface area contributed by atoms with Crippen molar-refractivity contribution in [3.63, 3.8) is 0 Å². The van der Waals surface area contributed by atoms with Crippen molar-refractivity contribution in [2.45, 2.75) is 0 Å². The third-order valence-electron chi connectivity index (χ3n) is 3.53. The smallest absolute Gasteiger partial charge is 0.227 e. The first-order valence-electron chi connectivity index (χ1n) is 7.37. The number of ether oxygens (including phenoxy) is 2. The molecular formula is C18H18N4O2. The summed E-state index contributed by atoms with van der Waals surface area (Å²) in [6.07, 6.45) is 1.70. The van der Waals surface area contributed by atoms with Crippen LogP contribution >= 0.6 is 0 Å². The summed E-state index contributed by atoms with van der Waals surface area (Å²) in [7, 11) is 3.22. The lowest BCUT2D eigenvalue weighted by molar-refractivity contribution is 0.415. The molecule has 0 aliphatic heterocycles. The monoisotopic (exact) mass is 322 g/mol. The summed E-state index contributed by atoms with van der Waals surface area (Å²) in [6, 6.07) is 14.9. The van der Waals surface area contributed by atoms with E-state index < -0.39 is 0 Å². The van der Waals surface area contributed by atoms with Gasteiger partial charge in [0.15, 0.2) is 0 Å². The van der Waals surface area contributed by atoms with Crippen molar-refractivity contribution in [3.8, 4) is 22.8 Å². The summed E-state index contributed by atoms with van der Waals surface area (Å²) in [5.41, 5.74) is 9.08. The maximum absolute atomic E-state index is 5.96. The molecule has 0 fully saturated rings. The molecule has 3 N–H and O–H groups in total. The summed E-state index contributed by atoms with van der Waals surface area (Å²) in [6.45, 7) is 0. The van der Waals surface area contributed by atoms with Gasteiger partial charge < -0.3 is 20.5 Å². The molecule has 2 aromatic carbocycles. The third-order valence-corrected chi connectivity index (χ3v) is 3.53. The standard InChI is InChI=1S/C18H18N4O2/c1-23-14-6-4-13(5-7-14)21-18-20-10-9-16(22-18)12-3-8-17(24-2)15(19)11-12/h3-11H,19H2,1-2H3,(H,20,21,22). The van der Waals surface area contributed by atoms with Crippen LogP contribution < -0.4 is 20.5 Å². The molecule has 0 aliphatic rings. The van der Waals surface area contributed by atoms with Crippen molar-refractivity contribution in [2.24, 2.45) is 0 Å². The molecule has 0 aliphatic carbocycles. The average molecular weight is 322 g/mol. The third kappa shape index (κ3) is 3.38.